The van der Waals surface area contributed by atoms with Crippen molar-refractivity contribution < 1.29 is 4.43 Å². The van der Waals surface area contributed by atoms with E-state index in [2.05, 4.69) is 51.0 Å². The minimum Gasteiger partial charge on any atom is -0.419 e. The molecule has 0 unspecified atom stereocenters. The van der Waals surface area contributed by atoms with Crippen molar-refractivity contribution in [1.82, 2.24) is 9.47 Å². The molecule has 0 aromatic rings. The van der Waals surface area contributed by atoms with Crippen LogP contribution in [0.2, 0.25) is 24.2 Å². The van der Waals surface area contributed by atoms with Gasteiger partial charge in [-0.25, -0.2) is 0 Å². The van der Waals surface area contributed by atoms with Crippen LogP contribution in [0.25, 0.3) is 0 Å². The molecule has 1 saturated heterocycles. The van der Waals surface area contributed by atoms with Gasteiger partial charge in [-0.05, 0) is 57.9 Å². The lowest BCUT2D eigenvalue weighted by molar-refractivity contribution is 0.136. The van der Waals surface area contributed by atoms with Gasteiger partial charge in [0.05, 0.1) is 0 Å². The summed E-state index contributed by atoms with van der Waals surface area (Å²) in [6.45, 7) is 20.3. The predicted molar refractivity (Wildman–Crippen MR) is 104 cm³/mol. The molecule has 0 radical (unpaired) electrons. The van der Waals surface area contributed by atoms with Crippen molar-refractivity contribution >= 4 is 18.0 Å². The second-order valence-electron chi connectivity index (χ2n) is 7.78. The van der Waals surface area contributed by atoms with Crippen molar-refractivity contribution in [3.63, 3.8) is 0 Å². The molecule has 132 valence electrons. The second kappa shape index (κ2) is 9.57. The summed E-state index contributed by atoms with van der Waals surface area (Å²) >= 11 is 0. The molecule has 0 bridgehead atoms. The van der Waals surface area contributed by atoms with E-state index in [0.717, 1.165) is 0 Å². The van der Waals surface area contributed by atoms with Crippen molar-refractivity contribution in [3.8, 4) is 0 Å². The van der Waals surface area contributed by atoms with Gasteiger partial charge in [-0.2, -0.15) is 0 Å². The van der Waals surface area contributed by atoms with Gasteiger partial charge in [0.1, 0.15) is 8.24 Å². The highest BCUT2D eigenvalue weighted by atomic mass is 28.3. The summed E-state index contributed by atoms with van der Waals surface area (Å²) in [7, 11) is -1.43. The lowest BCUT2D eigenvalue weighted by atomic mass is 10.2. The van der Waals surface area contributed by atoms with E-state index in [0.29, 0.717) is 0 Å². The van der Waals surface area contributed by atoms with E-state index < -0.39 is 8.24 Å². The average Bonchev–Trinajstić information content (AvgIpc) is 2.49. The number of rotatable bonds is 9. The van der Waals surface area contributed by atoms with Crippen LogP contribution in [-0.4, -0.2) is 65.8 Å². The van der Waals surface area contributed by atoms with Crippen molar-refractivity contribution in [2.75, 3.05) is 32.7 Å². The van der Waals surface area contributed by atoms with Crippen LogP contribution in [0.4, 0.5) is 0 Å². The Morgan fingerprint density at radius 3 is 1.95 bits per heavy atom. The Balaban J connectivity index is 2.23. The summed E-state index contributed by atoms with van der Waals surface area (Å²) in [6, 6.07) is 5.61. The maximum Gasteiger partial charge on any atom is 0.162 e. The summed E-state index contributed by atoms with van der Waals surface area (Å²) in [5.74, 6) is 0. The Bertz CT molecular complexity index is 287. The van der Waals surface area contributed by atoms with Gasteiger partial charge in [-0.1, -0.05) is 20.8 Å². The van der Waals surface area contributed by atoms with E-state index in [1.54, 1.807) is 0 Å². The largest absolute Gasteiger partial charge is 0.419 e. The smallest absolute Gasteiger partial charge is 0.162 e. The summed E-state index contributed by atoms with van der Waals surface area (Å²) in [5, 5.41) is 0. The topological polar surface area (TPSA) is 15.7 Å². The first kappa shape index (κ1) is 20.4. The van der Waals surface area contributed by atoms with Crippen LogP contribution in [0.3, 0.4) is 0 Å². The summed E-state index contributed by atoms with van der Waals surface area (Å²) in [5.41, 5.74) is 0.0757. The zero-order valence-corrected chi connectivity index (χ0v) is 18.5. The van der Waals surface area contributed by atoms with Crippen LogP contribution >= 0.6 is 0 Å². The van der Waals surface area contributed by atoms with Gasteiger partial charge in [0.25, 0.3) is 0 Å². The van der Waals surface area contributed by atoms with Gasteiger partial charge in [0, 0.05) is 31.8 Å². The Morgan fingerprint density at radius 2 is 1.50 bits per heavy atom. The maximum atomic E-state index is 5.94. The molecule has 1 fully saturated rings. The average molecular weight is 345 g/mol. The molecular weight excluding hydrogens is 304 g/mol. The van der Waals surface area contributed by atoms with Crippen molar-refractivity contribution in [3.05, 3.63) is 0 Å². The van der Waals surface area contributed by atoms with Gasteiger partial charge >= 0.3 is 0 Å². The third kappa shape index (κ3) is 6.44. The summed E-state index contributed by atoms with van der Waals surface area (Å²) in [4.78, 5) is 2.68. The number of piperazine rings is 1. The van der Waals surface area contributed by atoms with E-state index in [1.807, 2.05) is 0 Å². The Morgan fingerprint density at radius 1 is 0.955 bits per heavy atom. The van der Waals surface area contributed by atoms with Gasteiger partial charge in [0.15, 0.2) is 9.76 Å². The molecule has 0 aromatic carbocycles. The standard InChI is InChI=1S/C17H40N2OSi2/c1-7-22(8-2,9-3)19-14-12-18(13-15-19)11-10-16-21-20-17(4,5)6/h7-16,21H2,1-6H3. The number of hydrogen-bond donors (Lipinski definition) is 0. The monoisotopic (exact) mass is 344 g/mol. The molecule has 0 saturated carbocycles. The fourth-order valence-electron chi connectivity index (χ4n) is 3.68. The fourth-order valence-corrected chi connectivity index (χ4v) is 8.86. The van der Waals surface area contributed by atoms with Gasteiger partial charge in [0.2, 0.25) is 0 Å². The summed E-state index contributed by atoms with van der Waals surface area (Å²) in [6.07, 6.45) is 1.33. The molecule has 22 heavy (non-hydrogen) atoms. The lowest BCUT2D eigenvalue weighted by Crippen LogP contribution is -2.59. The van der Waals surface area contributed by atoms with Gasteiger partial charge in [-0.3, -0.25) is 0 Å². The van der Waals surface area contributed by atoms with E-state index in [9.17, 15) is 0 Å². The van der Waals surface area contributed by atoms with Crippen LogP contribution in [0.15, 0.2) is 0 Å². The number of nitrogens with zero attached hydrogens (tertiary/aromatic N) is 2. The van der Waals surface area contributed by atoms with Crippen molar-refractivity contribution in [2.45, 2.75) is 77.7 Å². The maximum absolute atomic E-state index is 5.94. The first-order chi connectivity index (χ1) is 10.4. The quantitative estimate of drug-likeness (QED) is 0.471. The van der Waals surface area contributed by atoms with Crippen LogP contribution < -0.4 is 0 Å². The molecule has 0 atom stereocenters. The highest BCUT2D eigenvalue weighted by Gasteiger charge is 2.35. The second-order valence-corrected chi connectivity index (χ2v) is 14.4. The third-order valence-corrected chi connectivity index (χ3v) is 13.0. The molecule has 0 N–H and O–H groups in total. The minimum atomic E-state index is -1.12. The SMILES string of the molecule is CC[Si](CC)(CC)N1CCN(CCC[SiH2]OC(C)(C)C)CC1. The molecule has 1 heterocycles. The van der Waals surface area contributed by atoms with Crippen LogP contribution in [0, 0.1) is 0 Å². The molecule has 1 rings (SSSR count). The van der Waals surface area contributed by atoms with E-state index in [-0.39, 0.29) is 15.4 Å². The Labute approximate surface area is 142 Å². The van der Waals surface area contributed by atoms with Crippen molar-refractivity contribution in [1.29, 1.82) is 0 Å². The molecule has 0 amide bonds. The first-order valence-electron chi connectivity index (χ1n) is 9.48. The highest BCUT2D eigenvalue weighted by Crippen LogP contribution is 2.26. The lowest BCUT2D eigenvalue weighted by Gasteiger charge is -2.46. The molecule has 1 aliphatic rings. The zero-order chi connectivity index (χ0) is 16.6. The van der Waals surface area contributed by atoms with Crippen LogP contribution in [-0.2, 0) is 4.43 Å². The Kier molecular flexibility index (Phi) is 8.86. The van der Waals surface area contributed by atoms with E-state index in [1.165, 1.54) is 63.3 Å². The van der Waals surface area contributed by atoms with Gasteiger partial charge in [-0.15, -0.1) is 0 Å². The first-order valence-corrected chi connectivity index (χ1v) is 13.6. The fraction of sp³-hybridized carbons (Fsp3) is 1.00. The molecule has 3 nitrogen and oxygen atoms in total. The molecule has 0 aliphatic carbocycles. The highest BCUT2D eigenvalue weighted by molar-refractivity contribution is 6.77. The van der Waals surface area contributed by atoms with Crippen LogP contribution in [0.1, 0.15) is 48.0 Å². The molecular formula is C17H40N2OSi2. The zero-order valence-electron chi connectivity index (χ0n) is 16.1. The molecule has 5 heteroatoms. The molecule has 1 aliphatic heterocycles. The summed E-state index contributed by atoms with van der Waals surface area (Å²) < 4.78 is 8.85. The Hall–Kier alpha value is 0.314. The molecule has 0 aromatic heterocycles. The van der Waals surface area contributed by atoms with Crippen molar-refractivity contribution in [2.24, 2.45) is 0 Å². The number of hydrogen-bond acceptors (Lipinski definition) is 3. The molecule has 0 spiro atoms. The minimum absolute atomic E-state index is 0.0757. The van der Waals surface area contributed by atoms with E-state index >= 15 is 0 Å². The normalized spacial score (nSPS) is 19.4. The van der Waals surface area contributed by atoms with Gasteiger partial charge < -0.3 is 13.9 Å². The predicted octanol–water partition coefficient (Wildman–Crippen LogP) is 3.32. The third-order valence-electron chi connectivity index (χ3n) is 5.42. The van der Waals surface area contributed by atoms with E-state index in [4.69, 9.17) is 4.43 Å². The van der Waals surface area contributed by atoms with Crippen LogP contribution in [0.5, 0.6) is 0 Å².